The minimum Gasteiger partial charge on any atom is -0.494 e. The maximum atomic E-state index is 15.0. The van der Waals surface area contributed by atoms with Crippen LogP contribution in [0, 0.1) is 11.8 Å². The fourth-order valence-corrected chi connectivity index (χ4v) is 8.42. The van der Waals surface area contributed by atoms with Crippen LogP contribution in [0.5, 0.6) is 5.75 Å². The monoisotopic (exact) mass is 677 g/mol. The van der Waals surface area contributed by atoms with Gasteiger partial charge in [0.1, 0.15) is 17.4 Å². The SMILES string of the molecule is C=CCN(Cc1ccccc1)C(=O)C1N([C@@H](CO)Cc2ccccc2)C(=O)[C@@H]2[C@@H](C(=O)N(CC=C)c3ccc(OCC)cc3)[C@@]3(C)CCC12O3. The summed E-state index contributed by atoms with van der Waals surface area (Å²) in [6.45, 7) is 12.6. The molecular weight excluding hydrogens is 630 g/mol. The number of fused-ring (bicyclic) bond motifs is 1. The van der Waals surface area contributed by atoms with Crippen LogP contribution in [0.1, 0.15) is 37.8 Å². The summed E-state index contributed by atoms with van der Waals surface area (Å²) in [7, 11) is 0. The van der Waals surface area contributed by atoms with Gasteiger partial charge < -0.3 is 29.3 Å². The zero-order valence-corrected chi connectivity index (χ0v) is 28.9. The Morgan fingerprint density at radius 3 is 2.20 bits per heavy atom. The number of carbonyl (C=O) groups is 3. The molecule has 0 aromatic heterocycles. The summed E-state index contributed by atoms with van der Waals surface area (Å²) in [5, 5.41) is 10.9. The summed E-state index contributed by atoms with van der Waals surface area (Å²) in [5.41, 5.74) is 0.254. The van der Waals surface area contributed by atoms with Crippen LogP contribution in [0.15, 0.2) is 110 Å². The van der Waals surface area contributed by atoms with E-state index in [2.05, 4.69) is 13.2 Å². The molecule has 3 fully saturated rings. The Labute approximate surface area is 294 Å². The van der Waals surface area contributed by atoms with E-state index in [0.29, 0.717) is 43.9 Å². The average molecular weight is 678 g/mol. The highest BCUT2D eigenvalue weighted by Gasteiger charge is 2.79. The Hall–Kier alpha value is -4.73. The van der Waals surface area contributed by atoms with E-state index < -0.39 is 35.1 Å². The molecule has 1 N–H and O–H groups in total. The lowest BCUT2D eigenvalue weighted by Gasteiger charge is -2.39. The van der Waals surface area contributed by atoms with Crippen molar-refractivity contribution in [3.63, 3.8) is 0 Å². The third-order valence-electron chi connectivity index (χ3n) is 10.5. The number of amides is 3. The van der Waals surface area contributed by atoms with Crippen molar-refractivity contribution < 1.29 is 29.0 Å². The fourth-order valence-electron chi connectivity index (χ4n) is 8.42. The molecule has 262 valence electrons. The molecule has 2 bridgehead atoms. The van der Waals surface area contributed by atoms with Crippen molar-refractivity contribution in [2.75, 3.05) is 31.2 Å². The second kappa shape index (κ2) is 14.6. The van der Waals surface area contributed by atoms with Crippen LogP contribution < -0.4 is 9.64 Å². The van der Waals surface area contributed by atoms with Crippen molar-refractivity contribution in [2.45, 2.75) is 62.9 Å². The topological polar surface area (TPSA) is 99.6 Å². The summed E-state index contributed by atoms with van der Waals surface area (Å²) in [5.74, 6) is -2.00. The smallest absolute Gasteiger partial charge is 0.249 e. The zero-order valence-electron chi connectivity index (χ0n) is 28.9. The highest BCUT2D eigenvalue weighted by Crippen LogP contribution is 2.64. The van der Waals surface area contributed by atoms with E-state index in [0.717, 1.165) is 11.1 Å². The van der Waals surface area contributed by atoms with E-state index in [1.807, 2.05) is 98.8 Å². The number of ether oxygens (including phenoxy) is 2. The number of carbonyl (C=O) groups excluding carboxylic acids is 3. The predicted molar refractivity (Wildman–Crippen MR) is 192 cm³/mol. The highest BCUT2D eigenvalue weighted by molar-refractivity contribution is 6.03. The Balaban J connectivity index is 1.43. The van der Waals surface area contributed by atoms with Gasteiger partial charge in [-0.05, 0) is 68.5 Å². The van der Waals surface area contributed by atoms with Crippen molar-refractivity contribution >= 4 is 23.4 Å². The molecule has 9 nitrogen and oxygen atoms in total. The van der Waals surface area contributed by atoms with Gasteiger partial charge in [0, 0.05) is 25.3 Å². The summed E-state index contributed by atoms with van der Waals surface area (Å²) in [4.78, 5) is 49.8. The molecule has 50 heavy (non-hydrogen) atoms. The van der Waals surface area contributed by atoms with E-state index in [-0.39, 0.29) is 37.4 Å². The third-order valence-corrected chi connectivity index (χ3v) is 10.5. The first-order chi connectivity index (χ1) is 24.2. The maximum absolute atomic E-state index is 15.0. The first-order valence-corrected chi connectivity index (χ1v) is 17.5. The molecule has 6 rings (SSSR count). The Kier molecular flexibility index (Phi) is 10.3. The van der Waals surface area contributed by atoms with Crippen LogP contribution >= 0.6 is 0 Å². The van der Waals surface area contributed by atoms with Crippen molar-refractivity contribution in [1.29, 1.82) is 0 Å². The largest absolute Gasteiger partial charge is 0.494 e. The van der Waals surface area contributed by atoms with E-state index in [4.69, 9.17) is 9.47 Å². The Morgan fingerprint density at radius 2 is 1.60 bits per heavy atom. The van der Waals surface area contributed by atoms with E-state index in [1.54, 1.807) is 26.9 Å². The molecule has 3 heterocycles. The molecule has 6 atom stereocenters. The summed E-state index contributed by atoms with van der Waals surface area (Å²) < 4.78 is 12.6. The highest BCUT2D eigenvalue weighted by atomic mass is 16.5. The van der Waals surface area contributed by atoms with Gasteiger partial charge >= 0.3 is 0 Å². The van der Waals surface area contributed by atoms with E-state index in [9.17, 15) is 9.90 Å². The number of likely N-dealkylation sites (tertiary alicyclic amines) is 1. The van der Waals surface area contributed by atoms with Gasteiger partial charge in [-0.2, -0.15) is 0 Å². The Morgan fingerprint density at radius 1 is 0.960 bits per heavy atom. The van der Waals surface area contributed by atoms with Gasteiger partial charge in [0.15, 0.2) is 0 Å². The van der Waals surface area contributed by atoms with Crippen molar-refractivity contribution in [1.82, 2.24) is 9.80 Å². The number of anilines is 1. The maximum Gasteiger partial charge on any atom is 0.249 e. The quantitative estimate of drug-likeness (QED) is 0.223. The lowest BCUT2D eigenvalue weighted by atomic mass is 9.66. The third kappa shape index (κ3) is 6.24. The number of nitrogens with zero attached hydrogens (tertiary/aromatic N) is 3. The summed E-state index contributed by atoms with van der Waals surface area (Å²) >= 11 is 0. The van der Waals surface area contributed by atoms with Crippen LogP contribution in [0.2, 0.25) is 0 Å². The minimum atomic E-state index is -1.26. The van der Waals surface area contributed by atoms with Crippen LogP contribution in [0.25, 0.3) is 0 Å². The molecule has 3 saturated heterocycles. The molecule has 0 radical (unpaired) electrons. The van der Waals surface area contributed by atoms with Crippen LogP contribution in [-0.4, -0.2) is 82.2 Å². The molecule has 0 saturated carbocycles. The average Bonchev–Trinajstić information content (AvgIpc) is 3.70. The first kappa shape index (κ1) is 35.1. The second-order valence-electron chi connectivity index (χ2n) is 13.7. The number of aliphatic hydroxyl groups is 1. The van der Waals surface area contributed by atoms with Gasteiger partial charge in [0.2, 0.25) is 17.7 Å². The second-order valence-corrected chi connectivity index (χ2v) is 13.7. The van der Waals surface area contributed by atoms with Gasteiger partial charge in [0.05, 0.1) is 36.7 Å². The molecule has 9 heteroatoms. The molecule has 2 unspecified atom stereocenters. The van der Waals surface area contributed by atoms with Gasteiger partial charge in [0.25, 0.3) is 0 Å². The number of aliphatic hydroxyl groups excluding tert-OH is 1. The normalized spacial score (nSPS) is 25.5. The van der Waals surface area contributed by atoms with E-state index >= 15 is 9.59 Å². The molecule has 0 aliphatic carbocycles. The van der Waals surface area contributed by atoms with Gasteiger partial charge in [-0.3, -0.25) is 14.4 Å². The summed E-state index contributed by atoms with van der Waals surface area (Å²) in [6.07, 6.45) is 4.60. The first-order valence-electron chi connectivity index (χ1n) is 17.5. The number of hydrogen-bond donors (Lipinski definition) is 1. The molecule has 3 aliphatic rings. The molecule has 3 aromatic carbocycles. The number of benzene rings is 3. The standard InChI is InChI=1S/C41H47N3O6/c1-5-24-42(27-30-16-12-9-13-17-30)39(48)36-41-23-22-40(4,50-41)34(37(46)43(25-6-2)31-18-20-33(21-19-31)49-7-3)35(41)38(47)44(36)32(28-45)26-29-14-10-8-11-15-29/h5-6,8-21,32,34-36,45H,1-2,7,22-28H2,3-4H3/t32-,34+,35+,36?,40-,41?/m1/s1. The lowest BCUT2D eigenvalue weighted by Crippen LogP contribution is -2.59. The fraction of sp³-hybridized carbons (Fsp3) is 0.390. The molecule has 3 aromatic rings. The number of rotatable bonds is 15. The van der Waals surface area contributed by atoms with Crippen molar-refractivity contribution in [3.05, 3.63) is 121 Å². The Bertz CT molecular complexity index is 1700. The van der Waals surface area contributed by atoms with Gasteiger partial charge in [-0.15, -0.1) is 13.2 Å². The van der Waals surface area contributed by atoms with Crippen LogP contribution in [0.3, 0.4) is 0 Å². The number of hydrogen-bond acceptors (Lipinski definition) is 6. The molecule has 3 aliphatic heterocycles. The molecular formula is C41H47N3O6. The van der Waals surface area contributed by atoms with E-state index in [1.165, 1.54) is 0 Å². The molecule has 1 spiro atoms. The summed E-state index contributed by atoms with van der Waals surface area (Å²) in [6, 6.07) is 24.8. The zero-order chi connectivity index (χ0) is 35.5. The minimum absolute atomic E-state index is 0.219. The lowest BCUT2D eigenvalue weighted by molar-refractivity contribution is -0.155. The molecule has 3 amide bonds. The predicted octanol–water partition coefficient (Wildman–Crippen LogP) is 5.19. The van der Waals surface area contributed by atoms with Crippen molar-refractivity contribution in [2.24, 2.45) is 11.8 Å². The van der Waals surface area contributed by atoms with Gasteiger partial charge in [-0.1, -0.05) is 72.8 Å². The van der Waals surface area contributed by atoms with Crippen LogP contribution in [-0.2, 0) is 32.1 Å². The van der Waals surface area contributed by atoms with Gasteiger partial charge in [-0.25, -0.2) is 0 Å². The van der Waals surface area contributed by atoms with Crippen LogP contribution in [0.4, 0.5) is 5.69 Å². The van der Waals surface area contributed by atoms with Crippen molar-refractivity contribution in [3.8, 4) is 5.75 Å².